The molecule has 22 heavy (non-hydrogen) atoms. The van der Waals surface area contributed by atoms with E-state index in [0.717, 1.165) is 5.69 Å². The fourth-order valence-corrected chi connectivity index (χ4v) is 2.10. The molecule has 0 aliphatic heterocycles. The SMILES string of the molecule is COc1ccc(N[C@H](C)c2ccccc2)cc1OCC(N)=O. The van der Waals surface area contributed by atoms with Crippen molar-refractivity contribution in [2.24, 2.45) is 5.73 Å². The summed E-state index contributed by atoms with van der Waals surface area (Å²) in [6.07, 6.45) is 0. The maximum atomic E-state index is 10.9. The molecule has 0 aromatic heterocycles. The van der Waals surface area contributed by atoms with Gasteiger partial charge in [-0.2, -0.15) is 0 Å². The maximum absolute atomic E-state index is 10.9. The molecule has 2 aromatic carbocycles. The minimum absolute atomic E-state index is 0.138. The fraction of sp³-hybridized carbons (Fsp3) is 0.235. The molecule has 0 radical (unpaired) electrons. The van der Waals surface area contributed by atoms with Crippen molar-refractivity contribution in [3.05, 3.63) is 54.1 Å². The van der Waals surface area contributed by atoms with Crippen LogP contribution >= 0.6 is 0 Å². The monoisotopic (exact) mass is 300 g/mol. The normalized spacial score (nSPS) is 11.5. The number of carbonyl (C=O) groups is 1. The van der Waals surface area contributed by atoms with Gasteiger partial charge in [0.15, 0.2) is 18.1 Å². The van der Waals surface area contributed by atoms with E-state index < -0.39 is 5.91 Å². The smallest absolute Gasteiger partial charge is 0.255 e. The highest BCUT2D eigenvalue weighted by atomic mass is 16.5. The highest BCUT2D eigenvalue weighted by molar-refractivity contribution is 5.75. The van der Waals surface area contributed by atoms with Crippen molar-refractivity contribution < 1.29 is 14.3 Å². The van der Waals surface area contributed by atoms with Crippen LogP contribution in [-0.2, 0) is 4.79 Å². The van der Waals surface area contributed by atoms with Gasteiger partial charge in [0.2, 0.25) is 0 Å². The first-order valence-electron chi connectivity index (χ1n) is 7.00. The van der Waals surface area contributed by atoms with Crippen LogP contribution in [0.2, 0.25) is 0 Å². The maximum Gasteiger partial charge on any atom is 0.255 e. The van der Waals surface area contributed by atoms with Gasteiger partial charge in [0, 0.05) is 17.8 Å². The number of carbonyl (C=O) groups excluding carboxylic acids is 1. The van der Waals surface area contributed by atoms with Crippen molar-refractivity contribution >= 4 is 11.6 Å². The summed E-state index contributed by atoms with van der Waals surface area (Å²) in [7, 11) is 1.55. The molecule has 5 heteroatoms. The Bertz CT molecular complexity index is 629. The first kappa shape index (κ1) is 15.7. The molecule has 0 saturated heterocycles. The number of rotatable bonds is 7. The van der Waals surface area contributed by atoms with Gasteiger partial charge >= 0.3 is 0 Å². The van der Waals surface area contributed by atoms with Crippen LogP contribution < -0.4 is 20.5 Å². The molecule has 0 fully saturated rings. The molecule has 2 rings (SSSR count). The Morgan fingerprint density at radius 3 is 2.55 bits per heavy atom. The number of benzene rings is 2. The third kappa shape index (κ3) is 4.15. The number of methoxy groups -OCH3 is 1. The van der Waals surface area contributed by atoms with Crippen LogP contribution in [0, 0.1) is 0 Å². The standard InChI is InChI=1S/C17H20N2O3/c1-12(13-6-4-3-5-7-13)19-14-8-9-15(21-2)16(10-14)22-11-17(18)20/h3-10,12,19H,11H2,1-2H3,(H2,18,20)/t12-/m1/s1. The molecule has 0 saturated carbocycles. The Hall–Kier alpha value is -2.69. The minimum Gasteiger partial charge on any atom is -0.493 e. The molecule has 3 N–H and O–H groups in total. The zero-order valence-electron chi connectivity index (χ0n) is 12.7. The van der Waals surface area contributed by atoms with E-state index in [1.807, 2.05) is 24.3 Å². The lowest BCUT2D eigenvalue weighted by Crippen LogP contribution is -2.20. The topological polar surface area (TPSA) is 73.6 Å². The Kier molecular flexibility index (Phi) is 5.25. The number of nitrogens with one attached hydrogen (secondary N) is 1. The summed E-state index contributed by atoms with van der Waals surface area (Å²) >= 11 is 0. The molecular formula is C17H20N2O3. The Morgan fingerprint density at radius 2 is 1.91 bits per heavy atom. The van der Waals surface area contributed by atoms with Crippen molar-refractivity contribution in [2.75, 3.05) is 19.0 Å². The lowest BCUT2D eigenvalue weighted by Gasteiger charge is -2.17. The van der Waals surface area contributed by atoms with Gasteiger partial charge in [-0.05, 0) is 24.6 Å². The van der Waals surface area contributed by atoms with Gasteiger partial charge in [0.1, 0.15) is 0 Å². The van der Waals surface area contributed by atoms with Gasteiger partial charge < -0.3 is 20.5 Å². The molecule has 0 bridgehead atoms. The predicted molar refractivity (Wildman–Crippen MR) is 86.2 cm³/mol. The van der Waals surface area contributed by atoms with Gasteiger partial charge in [-0.3, -0.25) is 4.79 Å². The summed E-state index contributed by atoms with van der Waals surface area (Å²) in [6, 6.07) is 15.7. The van der Waals surface area contributed by atoms with Crippen molar-refractivity contribution in [3.63, 3.8) is 0 Å². The van der Waals surface area contributed by atoms with Crippen LogP contribution in [0.1, 0.15) is 18.5 Å². The van der Waals surface area contributed by atoms with E-state index in [1.165, 1.54) is 5.56 Å². The highest BCUT2D eigenvalue weighted by Gasteiger charge is 2.10. The van der Waals surface area contributed by atoms with Crippen LogP contribution in [0.4, 0.5) is 5.69 Å². The van der Waals surface area contributed by atoms with E-state index in [9.17, 15) is 4.79 Å². The molecule has 1 atom stereocenters. The van der Waals surface area contributed by atoms with Gasteiger partial charge in [0.25, 0.3) is 5.91 Å². The summed E-state index contributed by atoms with van der Waals surface area (Å²) in [5.74, 6) is 0.504. The molecule has 5 nitrogen and oxygen atoms in total. The number of nitrogens with two attached hydrogens (primary N) is 1. The third-order valence-corrected chi connectivity index (χ3v) is 3.22. The predicted octanol–water partition coefficient (Wildman–Crippen LogP) is 2.73. The molecule has 0 spiro atoms. The first-order valence-corrected chi connectivity index (χ1v) is 7.00. The summed E-state index contributed by atoms with van der Waals surface area (Å²) < 4.78 is 10.6. The number of primary amides is 1. The second kappa shape index (κ2) is 7.36. The Labute approximate surface area is 130 Å². The Morgan fingerprint density at radius 1 is 1.18 bits per heavy atom. The van der Waals surface area contributed by atoms with Gasteiger partial charge in [-0.1, -0.05) is 30.3 Å². The fourth-order valence-electron chi connectivity index (χ4n) is 2.10. The van der Waals surface area contributed by atoms with Gasteiger partial charge in [-0.25, -0.2) is 0 Å². The number of hydrogen-bond donors (Lipinski definition) is 2. The van der Waals surface area contributed by atoms with E-state index >= 15 is 0 Å². The molecule has 0 aliphatic rings. The second-order valence-corrected chi connectivity index (χ2v) is 4.90. The Balaban J connectivity index is 2.14. The molecule has 1 amide bonds. The van der Waals surface area contributed by atoms with Gasteiger partial charge in [0.05, 0.1) is 7.11 Å². The molecule has 116 valence electrons. The molecule has 0 aliphatic carbocycles. The lowest BCUT2D eigenvalue weighted by molar-refractivity contribution is -0.119. The van der Waals surface area contributed by atoms with E-state index in [1.54, 1.807) is 19.2 Å². The number of amides is 1. The average molecular weight is 300 g/mol. The number of ether oxygens (including phenoxy) is 2. The molecule has 2 aromatic rings. The third-order valence-electron chi connectivity index (χ3n) is 3.22. The largest absolute Gasteiger partial charge is 0.493 e. The first-order chi connectivity index (χ1) is 10.6. The van der Waals surface area contributed by atoms with Crippen LogP contribution in [0.5, 0.6) is 11.5 Å². The van der Waals surface area contributed by atoms with Crippen LogP contribution in [0.25, 0.3) is 0 Å². The quantitative estimate of drug-likeness (QED) is 0.824. The van der Waals surface area contributed by atoms with E-state index in [4.69, 9.17) is 15.2 Å². The van der Waals surface area contributed by atoms with Crippen molar-refractivity contribution in [1.82, 2.24) is 0 Å². The number of anilines is 1. The number of hydrogen-bond acceptors (Lipinski definition) is 4. The summed E-state index contributed by atoms with van der Waals surface area (Å²) in [5, 5.41) is 3.39. The van der Waals surface area contributed by atoms with Crippen molar-refractivity contribution in [1.29, 1.82) is 0 Å². The zero-order valence-corrected chi connectivity index (χ0v) is 12.7. The average Bonchev–Trinajstić information content (AvgIpc) is 2.54. The highest BCUT2D eigenvalue weighted by Crippen LogP contribution is 2.31. The molecular weight excluding hydrogens is 280 g/mol. The van der Waals surface area contributed by atoms with E-state index in [-0.39, 0.29) is 12.6 Å². The van der Waals surface area contributed by atoms with Crippen LogP contribution in [-0.4, -0.2) is 19.6 Å². The zero-order chi connectivity index (χ0) is 15.9. The summed E-state index contributed by atoms with van der Waals surface area (Å²) in [5.41, 5.74) is 7.16. The van der Waals surface area contributed by atoms with Crippen LogP contribution in [0.3, 0.4) is 0 Å². The van der Waals surface area contributed by atoms with E-state index in [0.29, 0.717) is 11.5 Å². The molecule has 0 unspecified atom stereocenters. The summed E-state index contributed by atoms with van der Waals surface area (Å²) in [6.45, 7) is 1.89. The van der Waals surface area contributed by atoms with Crippen molar-refractivity contribution in [3.8, 4) is 11.5 Å². The van der Waals surface area contributed by atoms with Gasteiger partial charge in [-0.15, -0.1) is 0 Å². The van der Waals surface area contributed by atoms with Crippen molar-refractivity contribution in [2.45, 2.75) is 13.0 Å². The second-order valence-electron chi connectivity index (χ2n) is 4.90. The lowest BCUT2D eigenvalue weighted by atomic mass is 10.1. The van der Waals surface area contributed by atoms with E-state index in [2.05, 4.69) is 24.4 Å². The van der Waals surface area contributed by atoms with Crippen LogP contribution in [0.15, 0.2) is 48.5 Å². The minimum atomic E-state index is -0.530. The summed E-state index contributed by atoms with van der Waals surface area (Å²) in [4.78, 5) is 10.9. The molecule has 0 heterocycles.